The van der Waals surface area contributed by atoms with Crippen LogP contribution in [-0.4, -0.2) is 55.1 Å². The number of ether oxygens (including phenoxy) is 1. The normalized spacial score (nSPS) is 15.4. The number of likely N-dealkylation sites (tertiary alicyclic amines) is 1. The zero-order valence-corrected chi connectivity index (χ0v) is 20.7. The lowest BCUT2D eigenvalue weighted by Crippen LogP contribution is -2.44. The van der Waals surface area contributed by atoms with E-state index >= 15 is 0 Å². The number of methoxy groups -OCH3 is 1. The second-order valence-electron chi connectivity index (χ2n) is 9.08. The van der Waals surface area contributed by atoms with E-state index in [0.29, 0.717) is 12.2 Å². The molecule has 1 unspecified atom stereocenters. The van der Waals surface area contributed by atoms with E-state index in [1.165, 1.54) is 0 Å². The van der Waals surface area contributed by atoms with Gasteiger partial charge in [-0.3, -0.25) is 4.79 Å². The third kappa shape index (κ3) is 5.72. The van der Waals surface area contributed by atoms with Gasteiger partial charge in [-0.2, -0.15) is 5.26 Å². The van der Waals surface area contributed by atoms with Gasteiger partial charge in [0, 0.05) is 36.6 Å². The molecule has 3 aromatic rings. The fraction of sp³-hybridized carbons (Fsp3) is 0.393. The number of amides is 1. The molecule has 2 N–H and O–H groups in total. The number of carbonyl (C=O) groups excluding carboxylic acids is 1. The number of fused-ring (bicyclic) bond motifs is 1. The summed E-state index contributed by atoms with van der Waals surface area (Å²) in [5.74, 6) is 0.455. The average Bonchev–Trinajstić information content (AvgIpc) is 2.91. The first kappa shape index (κ1) is 24.5. The summed E-state index contributed by atoms with van der Waals surface area (Å²) in [6.45, 7) is 7.64. The van der Waals surface area contributed by atoms with E-state index in [1.54, 1.807) is 13.2 Å². The van der Waals surface area contributed by atoms with Crippen LogP contribution in [0, 0.1) is 17.2 Å². The second kappa shape index (κ2) is 11.2. The second-order valence-corrected chi connectivity index (χ2v) is 9.08. The number of hydrogen-bond acceptors (Lipinski definition) is 6. The summed E-state index contributed by atoms with van der Waals surface area (Å²) in [6.07, 6.45) is 1.93. The van der Waals surface area contributed by atoms with Crippen molar-refractivity contribution in [3.63, 3.8) is 0 Å². The molecule has 0 spiro atoms. The first-order valence-electron chi connectivity index (χ1n) is 12.3. The van der Waals surface area contributed by atoms with Crippen LogP contribution in [0.25, 0.3) is 22.0 Å². The highest BCUT2D eigenvalue weighted by Gasteiger charge is 2.21. The van der Waals surface area contributed by atoms with Gasteiger partial charge in [0.2, 0.25) is 0 Å². The molecule has 1 aliphatic heterocycles. The van der Waals surface area contributed by atoms with Crippen molar-refractivity contribution in [1.29, 1.82) is 5.26 Å². The predicted octanol–water partition coefficient (Wildman–Crippen LogP) is 4.70. The smallest absolute Gasteiger partial charge is 0.270 e. The molecule has 0 radical (unpaired) electrons. The molecule has 1 aromatic heterocycles. The Kier molecular flexibility index (Phi) is 7.84. The number of carbonyl (C=O) groups is 1. The largest absolute Gasteiger partial charge is 0.495 e. The Balaban J connectivity index is 1.59. The van der Waals surface area contributed by atoms with Gasteiger partial charge in [0.1, 0.15) is 11.4 Å². The highest BCUT2D eigenvalue weighted by Crippen LogP contribution is 2.35. The van der Waals surface area contributed by atoms with Gasteiger partial charge in [-0.05, 0) is 56.0 Å². The summed E-state index contributed by atoms with van der Waals surface area (Å²) < 4.78 is 5.58. The minimum atomic E-state index is -0.135. The SMILES string of the molecule is CCN1CCC(NC(=O)c2cccc(-c3ccc4ccc(OC)c(NCC(C)C#N)c4c3)n2)CC1. The van der Waals surface area contributed by atoms with Gasteiger partial charge in [-0.15, -0.1) is 0 Å². The molecule has 7 heteroatoms. The van der Waals surface area contributed by atoms with E-state index in [9.17, 15) is 10.1 Å². The maximum absolute atomic E-state index is 12.9. The third-order valence-corrected chi connectivity index (χ3v) is 6.66. The number of anilines is 1. The molecule has 182 valence electrons. The number of hydrogen-bond donors (Lipinski definition) is 2. The number of pyridine rings is 1. The number of benzene rings is 2. The lowest BCUT2D eigenvalue weighted by Gasteiger charge is -2.31. The quantitative estimate of drug-likeness (QED) is 0.495. The molecular formula is C28H33N5O2. The molecule has 1 saturated heterocycles. The van der Waals surface area contributed by atoms with E-state index in [-0.39, 0.29) is 17.9 Å². The van der Waals surface area contributed by atoms with Crippen molar-refractivity contribution in [3.05, 3.63) is 54.2 Å². The Morgan fingerprint density at radius 1 is 1.23 bits per heavy atom. The number of rotatable bonds is 8. The Bertz CT molecular complexity index is 1230. The number of piperidine rings is 1. The van der Waals surface area contributed by atoms with Crippen LogP contribution < -0.4 is 15.4 Å². The van der Waals surface area contributed by atoms with Gasteiger partial charge >= 0.3 is 0 Å². The molecule has 2 aromatic carbocycles. The Labute approximate surface area is 207 Å². The van der Waals surface area contributed by atoms with Gasteiger partial charge in [-0.1, -0.05) is 31.2 Å². The molecule has 2 heterocycles. The summed E-state index contributed by atoms with van der Waals surface area (Å²) in [7, 11) is 1.64. The highest BCUT2D eigenvalue weighted by molar-refractivity contribution is 5.99. The summed E-state index contributed by atoms with van der Waals surface area (Å²) in [4.78, 5) is 20.0. The van der Waals surface area contributed by atoms with Gasteiger partial charge in [0.25, 0.3) is 5.91 Å². The van der Waals surface area contributed by atoms with Crippen molar-refractivity contribution >= 4 is 22.4 Å². The molecule has 1 aliphatic rings. The Morgan fingerprint density at radius 3 is 2.71 bits per heavy atom. The first-order chi connectivity index (χ1) is 17.0. The monoisotopic (exact) mass is 471 g/mol. The molecule has 0 aliphatic carbocycles. The molecule has 35 heavy (non-hydrogen) atoms. The number of nitrogens with one attached hydrogen (secondary N) is 2. The summed E-state index contributed by atoms with van der Waals surface area (Å²) in [5, 5.41) is 17.8. The topological polar surface area (TPSA) is 90.3 Å². The fourth-order valence-corrected chi connectivity index (χ4v) is 4.49. The van der Waals surface area contributed by atoms with Crippen LogP contribution in [0.1, 0.15) is 37.2 Å². The van der Waals surface area contributed by atoms with Crippen LogP contribution in [0.2, 0.25) is 0 Å². The maximum Gasteiger partial charge on any atom is 0.270 e. The van der Waals surface area contributed by atoms with E-state index in [4.69, 9.17) is 4.74 Å². The minimum absolute atomic E-state index is 0.128. The van der Waals surface area contributed by atoms with Crippen molar-refractivity contribution in [2.45, 2.75) is 32.7 Å². The van der Waals surface area contributed by atoms with Crippen molar-refractivity contribution in [2.75, 3.05) is 38.6 Å². The lowest BCUT2D eigenvalue weighted by molar-refractivity contribution is 0.0907. The van der Waals surface area contributed by atoms with Crippen LogP contribution in [0.4, 0.5) is 5.69 Å². The van der Waals surface area contributed by atoms with E-state index in [2.05, 4.69) is 39.6 Å². The van der Waals surface area contributed by atoms with Crippen molar-refractivity contribution in [3.8, 4) is 23.1 Å². The molecule has 0 saturated carbocycles. The Morgan fingerprint density at radius 2 is 2.00 bits per heavy atom. The zero-order valence-electron chi connectivity index (χ0n) is 20.7. The minimum Gasteiger partial charge on any atom is -0.495 e. The lowest BCUT2D eigenvalue weighted by atomic mass is 10.0. The standard InChI is InChI=1S/C28H33N5O2/c1-4-33-14-12-22(13-15-33)31-28(34)25-7-5-6-24(32-25)21-9-8-20-10-11-26(35-3)27(23(20)16-21)30-18-19(2)17-29/h5-11,16,19,22,30H,4,12-15,18H2,1-3H3,(H,31,34). The van der Waals surface area contributed by atoms with Crippen LogP contribution >= 0.6 is 0 Å². The Hall–Kier alpha value is -3.63. The molecule has 0 bridgehead atoms. The molecule has 7 nitrogen and oxygen atoms in total. The number of nitrogens with zero attached hydrogens (tertiary/aromatic N) is 3. The van der Waals surface area contributed by atoms with Gasteiger partial charge < -0.3 is 20.3 Å². The first-order valence-corrected chi connectivity index (χ1v) is 12.3. The fourth-order valence-electron chi connectivity index (χ4n) is 4.49. The zero-order chi connectivity index (χ0) is 24.8. The van der Waals surface area contributed by atoms with E-state index < -0.39 is 0 Å². The van der Waals surface area contributed by atoms with Gasteiger partial charge in [0.15, 0.2) is 0 Å². The molecule has 4 rings (SSSR count). The summed E-state index contributed by atoms with van der Waals surface area (Å²) in [5.41, 5.74) is 2.92. The van der Waals surface area contributed by atoms with Gasteiger partial charge in [-0.25, -0.2) is 4.98 Å². The van der Waals surface area contributed by atoms with Crippen LogP contribution in [0.3, 0.4) is 0 Å². The van der Waals surface area contributed by atoms with E-state index in [0.717, 1.165) is 65.9 Å². The number of nitriles is 1. The van der Waals surface area contributed by atoms with Crippen molar-refractivity contribution in [1.82, 2.24) is 15.2 Å². The number of aromatic nitrogens is 1. The average molecular weight is 472 g/mol. The molecule has 1 atom stereocenters. The highest BCUT2D eigenvalue weighted by atomic mass is 16.5. The van der Waals surface area contributed by atoms with Gasteiger partial charge in [0.05, 0.1) is 30.5 Å². The predicted molar refractivity (Wildman–Crippen MR) is 140 cm³/mol. The third-order valence-electron chi connectivity index (χ3n) is 6.66. The molecular weight excluding hydrogens is 438 g/mol. The van der Waals surface area contributed by atoms with Crippen LogP contribution in [0.5, 0.6) is 5.75 Å². The molecule has 1 fully saturated rings. The maximum atomic E-state index is 12.9. The van der Waals surface area contributed by atoms with E-state index in [1.807, 2.05) is 43.3 Å². The van der Waals surface area contributed by atoms with Crippen molar-refractivity contribution < 1.29 is 9.53 Å². The van der Waals surface area contributed by atoms with Crippen LogP contribution in [0.15, 0.2) is 48.5 Å². The summed E-state index contributed by atoms with van der Waals surface area (Å²) in [6, 6.07) is 18.1. The summed E-state index contributed by atoms with van der Waals surface area (Å²) >= 11 is 0. The van der Waals surface area contributed by atoms with Crippen LogP contribution in [-0.2, 0) is 0 Å². The molecule has 1 amide bonds. The van der Waals surface area contributed by atoms with Crippen molar-refractivity contribution in [2.24, 2.45) is 5.92 Å².